The number of ether oxygens (including phenoxy) is 2. The Labute approximate surface area is 109 Å². The molecule has 1 aliphatic heterocycles. The molecule has 2 atom stereocenters. The molecule has 0 bridgehead atoms. The van der Waals surface area contributed by atoms with Gasteiger partial charge in [0, 0.05) is 5.56 Å². The van der Waals surface area contributed by atoms with Crippen molar-refractivity contribution in [3.05, 3.63) is 29.3 Å². The molecule has 0 spiro atoms. The lowest BCUT2D eigenvalue weighted by Crippen LogP contribution is -2.52. The lowest BCUT2D eigenvalue weighted by atomic mass is 9.89. The molecule has 6 heteroatoms. The number of carboxylic acid groups (broad SMARTS) is 1. The molecule has 1 saturated carbocycles. The molecule has 0 aromatic heterocycles. The molecule has 1 aromatic carbocycles. The number of carbonyl (C=O) groups is 2. The third-order valence-corrected chi connectivity index (χ3v) is 3.46. The normalized spacial score (nSPS) is 24.1. The standard InChI is InChI=1S/C13H13NO5/c15-12-9-2-1-8(5-7(9)6-18-12)19-11-4-3-10(11)14-13(16)17/h1-2,5,10-11,14H,3-4,6H2,(H,16,17). The van der Waals surface area contributed by atoms with E-state index in [1.54, 1.807) is 18.2 Å². The van der Waals surface area contributed by atoms with Crippen LogP contribution in [0.25, 0.3) is 0 Å². The summed E-state index contributed by atoms with van der Waals surface area (Å²) in [4.78, 5) is 21.9. The first-order valence-electron chi connectivity index (χ1n) is 6.09. The minimum Gasteiger partial charge on any atom is -0.488 e. The highest BCUT2D eigenvalue weighted by Gasteiger charge is 2.34. The lowest BCUT2D eigenvalue weighted by Gasteiger charge is -2.36. The fourth-order valence-corrected chi connectivity index (χ4v) is 2.29. The van der Waals surface area contributed by atoms with E-state index < -0.39 is 6.09 Å². The van der Waals surface area contributed by atoms with Crippen molar-refractivity contribution in [2.75, 3.05) is 0 Å². The molecular weight excluding hydrogens is 250 g/mol. The number of nitrogens with one attached hydrogen (secondary N) is 1. The summed E-state index contributed by atoms with van der Waals surface area (Å²) in [7, 11) is 0. The van der Waals surface area contributed by atoms with Gasteiger partial charge in [-0.2, -0.15) is 0 Å². The number of benzene rings is 1. The van der Waals surface area contributed by atoms with Gasteiger partial charge in [0.1, 0.15) is 18.5 Å². The highest BCUT2D eigenvalue weighted by atomic mass is 16.5. The lowest BCUT2D eigenvalue weighted by molar-refractivity contribution is 0.0534. The topological polar surface area (TPSA) is 84.9 Å². The zero-order valence-corrected chi connectivity index (χ0v) is 10.1. The van der Waals surface area contributed by atoms with E-state index in [1.807, 2.05) is 0 Å². The van der Waals surface area contributed by atoms with Gasteiger partial charge in [-0.05, 0) is 31.0 Å². The van der Waals surface area contributed by atoms with Crippen LogP contribution in [0.15, 0.2) is 18.2 Å². The molecule has 2 aliphatic rings. The average molecular weight is 263 g/mol. The smallest absolute Gasteiger partial charge is 0.405 e. The van der Waals surface area contributed by atoms with Crippen LogP contribution in [0, 0.1) is 0 Å². The first-order chi connectivity index (χ1) is 9.13. The van der Waals surface area contributed by atoms with E-state index in [4.69, 9.17) is 14.6 Å². The number of carbonyl (C=O) groups excluding carboxylic acids is 1. The summed E-state index contributed by atoms with van der Waals surface area (Å²) >= 11 is 0. The molecule has 6 nitrogen and oxygen atoms in total. The highest BCUT2D eigenvalue weighted by Crippen LogP contribution is 2.29. The van der Waals surface area contributed by atoms with Crippen molar-refractivity contribution in [3.8, 4) is 5.75 Å². The summed E-state index contributed by atoms with van der Waals surface area (Å²) in [6.45, 7) is 0.271. The maximum absolute atomic E-state index is 11.3. The largest absolute Gasteiger partial charge is 0.488 e. The van der Waals surface area contributed by atoms with Gasteiger partial charge in [-0.15, -0.1) is 0 Å². The zero-order valence-electron chi connectivity index (χ0n) is 10.1. The summed E-state index contributed by atoms with van der Waals surface area (Å²) in [6.07, 6.45) is 0.416. The van der Waals surface area contributed by atoms with Crippen molar-refractivity contribution in [2.45, 2.75) is 31.6 Å². The van der Waals surface area contributed by atoms with E-state index >= 15 is 0 Å². The van der Waals surface area contributed by atoms with Crippen molar-refractivity contribution in [2.24, 2.45) is 0 Å². The van der Waals surface area contributed by atoms with Gasteiger partial charge >= 0.3 is 12.1 Å². The van der Waals surface area contributed by atoms with Crippen LogP contribution >= 0.6 is 0 Å². The Morgan fingerprint density at radius 3 is 2.95 bits per heavy atom. The minimum absolute atomic E-state index is 0.146. The van der Waals surface area contributed by atoms with Crippen LogP contribution < -0.4 is 10.1 Å². The SMILES string of the molecule is O=C(O)NC1CCC1Oc1ccc2c(c1)COC2=O. The Morgan fingerprint density at radius 1 is 1.42 bits per heavy atom. The van der Waals surface area contributed by atoms with Crippen LogP contribution in [0.5, 0.6) is 5.75 Å². The molecule has 1 aromatic rings. The molecule has 1 fully saturated rings. The Morgan fingerprint density at radius 2 is 2.26 bits per heavy atom. The third-order valence-electron chi connectivity index (χ3n) is 3.46. The molecule has 0 radical (unpaired) electrons. The van der Waals surface area contributed by atoms with Crippen LogP contribution in [-0.2, 0) is 11.3 Å². The van der Waals surface area contributed by atoms with Gasteiger partial charge in [0.15, 0.2) is 0 Å². The van der Waals surface area contributed by atoms with Gasteiger partial charge in [0.25, 0.3) is 0 Å². The van der Waals surface area contributed by atoms with Crippen LogP contribution in [0.1, 0.15) is 28.8 Å². The maximum atomic E-state index is 11.3. The number of fused-ring (bicyclic) bond motifs is 1. The van der Waals surface area contributed by atoms with E-state index in [1.165, 1.54) is 0 Å². The summed E-state index contributed by atoms with van der Waals surface area (Å²) in [6, 6.07) is 5.00. The predicted octanol–water partition coefficient (Wildman–Crippen LogP) is 1.53. The molecular formula is C13H13NO5. The van der Waals surface area contributed by atoms with Crippen molar-refractivity contribution >= 4 is 12.1 Å². The minimum atomic E-state index is -1.04. The van der Waals surface area contributed by atoms with Crippen molar-refractivity contribution in [1.82, 2.24) is 5.32 Å². The van der Waals surface area contributed by atoms with Gasteiger partial charge in [-0.3, -0.25) is 0 Å². The summed E-state index contributed by atoms with van der Waals surface area (Å²) in [5.74, 6) is 0.328. The fraction of sp³-hybridized carbons (Fsp3) is 0.385. The Kier molecular flexibility index (Phi) is 2.77. The number of amides is 1. The quantitative estimate of drug-likeness (QED) is 0.808. The third kappa shape index (κ3) is 2.21. The highest BCUT2D eigenvalue weighted by molar-refractivity contribution is 5.93. The summed E-state index contributed by atoms with van der Waals surface area (Å²) in [5, 5.41) is 11.1. The van der Waals surface area contributed by atoms with E-state index in [9.17, 15) is 9.59 Å². The van der Waals surface area contributed by atoms with Gasteiger partial charge in [-0.25, -0.2) is 9.59 Å². The van der Waals surface area contributed by atoms with E-state index in [0.29, 0.717) is 11.3 Å². The van der Waals surface area contributed by atoms with Gasteiger partial charge < -0.3 is 19.9 Å². The first kappa shape index (κ1) is 11.8. The Bertz CT molecular complexity index is 542. The van der Waals surface area contributed by atoms with Crippen LogP contribution in [0.2, 0.25) is 0 Å². The number of rotatable bonds is 3. The molecule has 2 unspecified atom stereocenters. The van der Waals surface area contributed by atoms with Crippen molar-refractivity contribution < 1.29 is 24.2 Å². The monoisotopic (exact) mass is 263 g/mol. The predicted molar refractivity (Wildman–Crippen MR) is 64.2 cm³/mol. The molecule has 0 saturated heterocycles. The fourth-order valence-electron chi connectivity index (χ4n) is 2.29. The van der Waals surface area contributed by atoms with Crippen LogP contribution in [0.3, 0.4) is 0 Å². The van der Waals surface area contributed by atoms with Gasteiger partial charge in [0.05, 0.1) is 11.6 Å². The first-order valence-corrected chi connectivity index (χ1v) is 6.09. The van der Waals surface area contributed by atoms with Crippen LogP contribution in [-0.4, -0.2) is 29.3 Å². The van der Waals surface area contributed by atoms with Crippen molar-refractivity contribution in [3.63, 3.8) is 0 Å². The number of cyclic esters (lactones) is 1. The second-order valence-electron chi connectivity index (χ2n) is 4.68. The Balaban J connectivity index is 1.68. The second-order valence-corrected chi connectivity index (χ2v) is 4.68. The average Bonchev–Trinajstić information content (AvgIpc) is 2.73. The van der Waals surface area contributed by atoms with E-state index in [0.717, 1.165) is 18.4 Å². The molecule has 1 heterocycles. The number of hydrogen-bond acceptors (Lipinski definition) is 4. The molecule has 3 rings (SSSR count). The number of esters is 1. The molecule has 1 amide bonds. The maximum Gasteiger partial charge on any atom is 0.405 e. The second kappa shape index (κ2) is 4.46. The van der Waals surface area contributed by atoms with E-state index in [2.05, 4.69) is 5.32 Å². The molecule has 2 N–H and O–H groups in total. The van der Waals surface area contributed by atoms with E-state index in [-0.39, 0.29) is 24.7 Å². The van der Waals surface area contributed by atoms with Gasteiger partial charge in [0.2, 0.25) is 0 Å². The zero-order chi connectivity index (χ0) is 13.4. The summed E-state index contributed by atoms with van der Waals surface area (Å²) in [5.41, 5.74) is 1.38. The van der Waals surface area contributed by atoms with Crippen LogP contribution in [0.4, 0.5) is 4.79 Å². The Hall–Kier alpha value is -2.24. The number of hydrogen-bond donors (Lipinski definition) is 2. The molecule has 100 valence electrons. The summed E-state index contributed by atoms with van der Waals surface area (Å²) < 4.78 is 10.6. The van der Waals surface area contributed by atoms with Crippen molar-refractivity contribution in [1.29, 1.82) is 0 Å². The van der Waals surface area contributed by atoms with Gasteiger partial charge in [-0.1, -0.05) is 0 Å². The molecule has 1 aliphatic carbocycles. The molecule has 19 heavy (non-hydrogen) atoms.